The molecule has 1 aromatic carbocycles. The van der Waals surface area contributed by atoms with Gasteiger partial charge in [0, 0.05) is 23.1 Å². The summed E-state index contributed by atoms with van der Waals surface area (Å²) < 4.78 is 0. The van der Waals surface area contributed by atoms with Gasteiger partial charge in [-0.2, -0.15) is 0 Å². The molecule has 1 saturated carbocycles. The highest BCUT2D eigenvalue weighted by Gasteiger charge is 2.33. The number of fused-ring (bicyclic) bond motifs is 1. The van der Waals surface area contributed by atoms with Crippen LogP contribution in [0, 0.1) is 6.92 Å². The average molecular weight is 278 g/mol. The Morgan fingerprint density at radius 2 is 2.05 bits per heavy atom. The number of aromatic amines is 1. The Bertz CT molecular complexity index is 705. The minimum Gasteiger partial charge on any atom is -0.208 e. The SMILES string of the molecule is C=CCC/C=C(\C)c1c(C)c(C2CC2)[nH+]c2ccccc12. The largest absolute Gasteiger partial charge is 0.211 e. The summed E-state index contributed by atoms with van der Waals surface area (Å²) in [5.41, 5.74) is 6.96. The van der Waals surface area contributed by atoms with E-state index in [1.807, 2.05) is 6.08 Å². The smallest absolute Gasteiger partial charge is 0.208 e. The predicted octanol–water partition coefficient (Wildman–Crippen LogP) is 5.21. The van der Waals surface area contributed by atoms with Gasteiger partial charge < -0.3 is 0 Å². The lowest BCUT2D eigenvalue weighted by atomic mass is 9.93. The van der Waals surface area contributed by atoms with E-state index in [9.17, 15) is 0 Å². The van der Waals surface area contributed by atoms with Crippen LogP contribution < -0.4 is 4.98 Å². The molecule has 0 atom stereocenters. The van der Waals surface area contributed by atoms with Crippen LogP contribution >= 0.6 is 0 Å². The maximum absolute atomic E-state index is 3.81. The number of hydrogen-bond acceptors (Lipinski definition) is 0. The third kappa shape index (κ3) is 2.78. The van der Waals surface area contributed by atoms with Gasteiger partial charge >= 0.3 is 0 Å². The second-order valence-corrected chi connectivity index (χ2v) is 6.11. The van der Waals surface area contributed by atoms with Gasteiger partial charge in [-0.3, -0.25) is 0 Å². The molecule has 3 rings (SSSR count). The molecule has 1 nitrogen and oxygen atoms in total. The van der Waals surface area contributed by atoms with Gasteiger partial charge in [-0.05, 0) is 51.2 Å². The molecule has 0 radical (unpaired) electrons. The zero-order chi connectivity index (χ0) is 14.8. The first-order valence-corrected chi connectivity index (χ1v) is 7.95. The summed E-state index contributed by atoms with van der Waals surface area (Å²) in [6.07, 6.45) is 9.11. The average Bonchev–Trinajstić information content (AvgIpc) is 3.31. The van der Waals surface area contributed by atoms with Crippen molar-refractivity contribution < 1.29 is 4.98 Å². The number of pyridine rings is 1. The molecule has 1 fully saturated rings. The van der Waals surface area contributed by atoms with E-state index in [1.54, 1.807) is 0 Å². The van der Waals surface area contributed by atoms with Crippen LogP contribution in [0.25, 0.3) is 16.5 Å². The molecule has 21 heavy (non-hydrogen) atoms. The minimum atomic E-state index is 0.745. The highest BCUT2D eigenvalue weighted by molar-refractivity contribution is 5.91. The Labute approximate surface area is 127 Å². The summed E-state index contributed by atoms with van der Waals surface area (Å²) in [5, 5.41) is 1.34. The molecule has 0 aliphatic heterocycles. The molecule has 1 aliphatic rings. The topological polar surface area (TPSA) is 14.1 Å². The lowest BCUT2D eigenvalue weighted by molar-refractivity contribution is -0.358. The van der Waals surface area contributed by atoms with Crippen molar-refractivity contribution in [3.63, 3.8) is 0 Å². The van der Waals surface area contributed by atoms with Crippen LogP contribution in [0.1, 0.15) is 55.3 Å². The van der Waals surface area contributed by atoms with Crippen molar-refractivity contribution >= 4 is 16.5 Å². The van der Waals surface area contributed by atoms with Gasteiger partial charge in [-0.25, -0.2) is 4.98 Å². The third-order valence-corrected chi connectivity index (χ3v) is 4.45. The normalized spacial score (nSPS) is 15.4. The third-order valence-electron chi connectivity index (χ3n) is 4.45. The number of rotatable bonds is 5. The van der Waals surface area contributed by atoms with Crippen LogP contribution in [0.3, 0.4) is 0 Å². The molecule has 0 amide bonds. The molecule has 0 unspecified atom stereocenters. The second-order valence-electron chi connectivity index (χ2n) is 6.11. The molecule has 1 N–H and O–H groups in total. The second kappa shape index (κ2) is 5.85. The zero-order valence-electron chi connectivity index (χ0n) is 13.1. The van der Waals surface area contributed by atoms with E-state index < -0.39 is 0 Å². The van der Waals surface area contributed by atoms with E-state index in [1.165, 1.54) is 46.1 Å². The zero-order valence-corrected chi connectivity index (χ0v) is 13.1. The fourth-order valence-electron chi connectivity index (χ4n) is 3.19. The van der Waals surface area contributed by atoms with Crippen LogP contribution in [-0.2, 0) is 0 Å². The Morgan fingerprint density at radius 3 is 2.76 bits per heavy atom. The monoisotopic (exact) mass is 278 g/mol. The van der Waals surface area contributed by atoms with E-state index >= 15 is 0 Å². The van der Waals surface area contributed by atoms with E-state index in [2.05, 4.69) is 55.8 Å². The van der Waals surface area contributed by atoms with Gasteiger partial charge in [-0.15, -0.1) is 6.58 Å². The van der Waals surface area contributed by atoms with Gasteiger partial charge in [0.2, 0.25) is 5.52 Å². The van der Waals surface area contributed by atoms with Crippen LogP contribution in [-0.4, -0.2) is 0 Å². The van der Waals surface area contributed by atoms with Crippen molar-refractivity contribution in [2.75, 3.05) is 0 Å². The Balaban J connectivity index is 2.16. The highest BCUT2D eigenvalue weighted by Crippen LogP contribution is 2.41. The maximum atomic E-state index is 3.81. The first-order chi connectivity index (χ1) is 10.2. The number of para-hydroxylation sites is 1. The predicted molar refractivity (Wildman–Crippen MR) is 90.3 cm³/mol. The quantitative estimate of drug-likeness (QED) is 0.526. The van der Waals surface area contributed by atoms with Crippen molar-refractivity contribution in [1.82, 2.24) is 0 Å². The molecule has 2 aromatic rings. The number of aromatic nitrogens is 1. The van der Waals surface area contributed by atoms with Crippen LogP contribution in [0.15, 0.2) is 43.0 Å². The molecule has 1 aromatic heterocycles. The van der Waals surface area contributed by atoms with Crippen LogP contribution in [0.2, 0.25) is 0 Å². The fraction of sp³-hybridized carbons (Fsp3) is 0.350. The fourth-order valence-corrected chi connectivity index (χ4v) is 3.19. The van der Waals surface area contributed by atoms with Gasteiger partial charge in [-0.1, -0.05) is 24.3 Å². The number of unbranched alkanes of at least 4 members (excludes halogenated alkanes) is 1. The molecule has 1 aliphatic carbocycles. The molecule has 1 heterocycles. The lowest BCUT2D eigenvalue weighted by Gasteiger charge is -2.11. The number of allylic oxidation sites excluding steroid dienone is 3. The van der Waals surface area contributed by atoms with Crippen molar-refractivity contribution in [3.05, 3.63) is 59.8 Å². The van der Waals surface area contributed by atoms with Gasteiger partial charge in [0.25, 0.3) is 0 Å². The maximum Gasteiger partial charge on any atom is 0.211 e. The number of hydrogen-bond donors (Lipinski definition) is 0. The van der Waals surface area contributed by atoms with Crippen molar-refractivity contribution in [1.29, 1.82) is 0 Å². The van der Waals surface area contributed by atoms with Crippen molar-refractivity contribution in [2.24, 2.45) is 0 Å². The number of H-pyrrole nitrogens is 1. The minimum absolute atomic E-state index is 0.745. The Hall–Kier alpha value is -1.89. The molecule has 108 valence electrons. The summed E-state index contributed by atoms with van der Waals surface area (Å²) in [6.45, 7) is 8.33. The van der Waals surface area contributed by atoms with Crippen molar-refractivity contribution in [2.45, 2.75) is 45.4 Å². The summed E-state index contributed by atoms with van der Waals surface area (Å²) >= 11 is 0. The van der Waals surface area contributed by atoms with Crippen LogP contribution in [0.5, 0.6) is 0 Å². The first kappa shape index (κ1) is 14.1. The van der Waals surface area contributed by atoms with E-state index in [0.29, 0.717) is 0 Å². The lowest BCUT2D eigenvalue weighted by Crippen LogP contribution is -2.15. The standard InChI is InChI=1S/C20H23N/c1-4-5-6-9-14(2)19-15(3)20(16-12-13-16)21-18-11-8-7-10-17(18)19/h4,7-11,16H,1,5-6,12-13H2,2-3H3/p+1/b14-9+. The summed E-state index contributed by atoms with van der Waals surface area (Å²) in [6, 6.07) is 8.68. The molecular formula is C20H24N+. The molecule has 0 saturated heterocycles. The van der Waals surface area contributed by atoms with E-state index in [4.69, 9.17) is 0 Å². The van der Waals surface area contributed by atoms with E-state index in [-0.39, 0.29) is 0 Å². The van der Waals surface area contributed by atoms with Gasteiger partial charge in [0.1, 0.15) is 0 Å². The Kier molecular flexibility index (Phi) is 3.92. The van der Waals surface area contributed by atoms with Gasteiger partial charge in [0.15, 0.2) is 5.69 Å². The van der Waals surface area contributed by atoms with Crippen LogP contribution in [0.4, 0.5) is 0 Å². The first-order valence-electron chi connectivity index (χ1n) is 7.95. The molecule has 0 bridgehead atoms. The molecule has 0 spiro atoms. The molecular weight excluding hydrogens is 254 g/mol. The highest BCUT2D eigenvalue weighted by atomic mass is 14.7. The summed E-state index contributed by atoms with van der Waals surface area (Å²) in [4.78, 5) is 3.68. The summed E-state index contributed by atoms with van der Waals surface area (Å²) in [5.74, 6) is 0.745. The number of nitrogens with one attached hydrogen (secondary N) is 1. The Morgan fingerprint density at radius 1 is 1.29 bits per heavy atom. The molecule has 1 heteroatoms. The van der Waals surface area contributed by atoms with Crippen molar-refractivity contribution in [3.8, 4) is 0 Å². The summed E-state index contributed by atoms with van der Waals surface area (Å²) in [7, 11) is 0. The number of benzene rings is 1. The van der Waals surface area contributed by atoms with E-state index in [0.717, 1.165) is 18.8 Å². The van der Waals surface area contributed by atoms with Gasteiger partial charge in [0.05, 0.1) is 5.39 Å².